The van der Waals surface area contributed by atoms with Crippen LogP contribution < -0.4 is 0 Å². The second-order valence-corrected chi connectivity index (χ2v) is 8.28. The summed E-state index contributed by atoms with van der Waals surface area (Å²) in [5, 5.41) is 8.51. The highest BCUT2D eigenvalue weighted by atomic mass is 19.2. The van der Waals surface area contributed by atoms with Gasteiger partial charge in [-0.25, -0.2) is 8.78 Å². The van der Waals surface area contributed by atoms with Crippen molar-refractivity contribution in [3.8, 4) is 6.07 Å². The van der Waals surface area contributed by atoms with Crippen LogP contribution in [0.4, 0.5) is 8.78 Å². The van der Waals surface area contributed by atoms with Gasteiger partial charge in [0.15, 0.2) is 11.6 Å². The fourth-order valence-electron chi connectivity index (χ4n) is 4.90. The van der Waals surface area contributed by atoms with E-state index in [1.807, 2.05) is 12.1 Å². The lowest BCUT2D eigenvalue weighted by Crippen LogP contribution is -2.22. The van der Waals surface area contributed by atoms with Crippen molar-refractivity contribution in [1.29, 1.82) is 5.26 Å². The summed E-state index contributed by atoms with van der Waals surface area (Å²) >= 11 is 0. The predicted octanol–water partition coefficient (Wildman–Crippen LogP) is 7.24. The molecule has 2 aliphatic rings. The first kappa shape index (κ1) is 20.5. The van der Waals surface area contributed by atoms with Crippen LogP contribution >= 0.6 is 0 Å². The van der Waals surface area contributed by atoms with Gasteiger partial charge in [-0.3, -0.25) is 0 Å². The van der Waals surface area contributed by atoms with Gasteiger partial charge >= 0.3 is 0 Å². The molecular weight excluding hydrogens is 352 g/mol. The summed E-state index contributed by atoms with van der Waals surface area (Å²) in [6, 6.07) is 6.36. The number of nitriles is 1. The molecule has 0 N–H and O–H groups in total. The third kappa shape index (κ3) is 5.19. The van der Waals surface area contributed by atoms with Gasteiger partial charge in [-0.1, -0.05) is 36.4 Å². The van der Waals surface area contributed by atoms with Crippen LogP contribution in [-0.4, -0.2) is 0 Å². The Morgan fingerprint density at radius 3 is 2.18 bits per heavy atom. The van der Waals surface area contributed by atoms with Crippen molar-refractivity contribution in [2.45, 2.75) is 57.3 Å². The molecule has 2 aliphatic carbocycles. The molecule has 0 bridgehead atoms. The largest absolute Gasteiger partial charge is 0.204 e. The topological polar surface area (TPSA) is 23.8 Å². The Balaban J connectivity index is 1.47. The van der Waals surface area contributed by atoms with Crippen LogP contribution in [0, 0.1) is 40.7 Å². The Hall–Kier alpha value is -2.21. The van der Waals surface area contributed by atoms with Crippen molar-refractivity contribution in [3.05, 3.63) is 71.9 Å². The second kappa shape index (κ2) is 9.82. The van der Waals surface area contributed by atoms with E-state index in [1.54, 1.807) is 12.1 Å². The van der Waals surface area contributed by atoms with Gasteiger partial charge < -0.3 is 0 Å². The molecule has 28 heavy (non-hydrogen) atoms. The van der Waals surface area contributed by atoms with Crippen molar-refractivity contribution < 1.29 is 8.78 Å². The summed E-state index contributed by atoms with van der Waals surface area (Å²) in [6.07, 6.45) is 16.5. The van der Waals surface area contributed by atoms with Gasteiger partial charge in [0.2, 0.25) is 0 Å². The van der Waals surface area contributed by atoms with E-state index in [-0.39, 0.29) is 0 Å². The number of hydrogen-bond donors (Lipinski definition) is 0. The molecule has 0 atom stereocenters. The maximum absolute atomic E-state index is 13.5. The van der Waals surface area contributed by atoms with Crippen LogP contribution in [0.25, 0.3) is 0 Å². The summed E-state index contributed by atoms with van der Waals surface area (Å²) in [5.74, 6) is 0.620. The molecule has 0 spiro atoms. The van der Waals surface area contributed by atoms with Crippen LogP contribution in [0.1, 0.15) is 62.8 Å². The van der Waals surface area contributed by atoms with E-state index >= 15 is 0 Å². The summed E-state index contributed by atoms with van der Waals surface area (Å²) in [7, 11) is 0. The number of benzene rings is 1. The van der Waals surface area contributed by atoms with Crippen LogP contribution in [0.15, 0.2) is 54.7 Å². The maximum atomic E-state index is 13.5. The zero-order valence-corrected chi connectivity index (χ0v) is 16.4. The molecule has 2 fully saturated rings. The maximum Gasteiger partial charge on any atom is 0.159 e. The van der Waals surface area contributed by atoms with E-state index in [1.165, 1.54) is 49.5 Å². The standard InChI is InChI=1S/C25H29F2N/c1-18(20-8-6-19(7-9-20)5-3-2-4-16-28)21-10-12-22(13-11-21)23-14-15-24(26)25(27)17-23/h2-5,14-15,17,19-22H,1,6-13H2. The molecule has 1 aromatic rings. The first-order valence-electron chi connectivity index (χ1n) is 10.4. The molecule has 1 aromatic carbocycles. The lowest BCUT2D eigenvalue weighted by Gasteiger charge is -2.36. The number of rotatable bonds is 5. The average molecular weight is 382 g/mol. The molecule has 2 saturated carbocycles. The van der Waals surface area contributed by atoms with Crippen molar-refractivity contribution in [3.63, 3.8) is 0 Å². The first-order valence-corrected chi connectivity index (χ1v) is 10.4. The van der Waals surface area contributed by atoms with E-state index < -0.39 is 11.6 Å². The predicted molar refractivity (Wildman–Crippen MR) is 110 cm³/mol. The molecule has 0 amide bonds. The molecule has 3 heteroatoms. The second-order valence-electron chi connectivity index (χ2n) is 8.28. The van der Waals surface area contributed by atoms with Crippen LogP contribution in [0.3, 0.4) is 0 Å². The highest BCUT2D eigenvalue weighted by molar-refractivity contribution is 5.23. The molecule has 1 nitrogen and oxygen atoms in total. The van der Waals surface area contributed by atoms with Crippen molar-refractivity contribution in [2.75, 3.05) is 0 Å². The van der Waals surface area contributed by atoms with Crippen LogP contribution in [-0.2, 0) is 0 Å². The van der Waals surface area contributed by atoms with E-state index in [4.69, 9.17) is 5.26 Å². The number of hydrogen-bond acceptors (Lipinski definition) is 1. The average Bonchev–Trinajstić information content (AvgIpc) is 2.73. The minimum atomic E-state index is -0.766. The lowest BCUT2D eigenvalue weighted by molar-refractivity contribution is 0.289. The number of nitrogens with zero attached hydrogens (tertiary/aromatic N) is 1. The summed E-state index contributed by atoms with van der Waals surface area (Å²) in [4.78, 5) is 0. The quantitative estimate of drug-likeness (QED) is 0.300. The van der Waals surface area contributed by atoms with Gasteiger partial charge in [0.1, 0.15) is 0 Å². The normalized spacial score (nSPS) is 28.5. The molecule has 3 rings (SSSR count). The van der Waals surface area contributed by atoms with Gasteiger partial charge in [0.05, 0.1) is 6.07 Å². The van der Waals surface area contributed by atoms with Crippen molar-refractivity contribution in [1.82, 2.24) is 0 Å². The monoisotopic (exact) mass is 381 g/mol. The number of halogens is 2. The Morgan fingerprint density at radius 2 is 1.57 bits per heavy atom. The molecule has 0 radical (unpaired) electrons. The minimum Gasteiger partial charge on any atom is -0.204 e. The molecule has 0 aromatic heterocycles. The van der Waals surface area contributed by atoms with Crippen LogP contribution in [0.5, 0.6) is 0 Å². The van der Waals surface area contributed by atoms with Gasteiger partial charge in [0, 0.05) is 6.08 Å². The van der Waals surface area contributed by atoms with Gasteiger partial charge in [-0.15, -0.1) is 0 Å². The Morgan fingerprint density at radius 1 is 0.929 bits per heavy atom. The van der Waals surface area contributed by atoms with E-state index in [0.29, 0.717) is 23.7 Å². The molecule has 148 valence electrons. The molecular formula is C25H29F2N. The van der Waals surface area contributed by atoms with Crippen molar-refractivity contribution >= 4 is 0 Å². The van der Waals surface area contributed by atoms with Gasteiger partial charge in [0.25, 0.3) is 0 Å². The zero-order chi connectivity index (χ0) is 19.9. The summed E-state index contributed by atoms with van der Waals surface area (Å²) < 4.78 is 26.7. The zero-order valence-electron chi connectivity index (χ0n) is 16.4. The lowest BCUT2D eigenvalue weighted by atomic mass is 9.70. The Kier molecular flexibility index (Phi) is 7.20. The third-order valence-electron chi connectivity index (χ3n) is 6.63. The van der Waals surface area contributed by atoms with E-state index in [2.05, 4.69) is 12.7 Å². The van der Waals surface area contributed by atoms with Gasteiger partial charge in [-0.05, 0) is 92.7 Å². The SMILES string of the molecule is C=C(C1CCC(C=CC=CC#N)CC1)C1CCC(c2ccc(F)c(F)c2)CC1. The smallest absolute Gasteiger partial charge is 0.159 e. The van der Waals surface area contributed by atoms with E-state index in [9.17, 15) is 8.78 Å². The summed E-state index contributed by atoms with van der Waals surface area (Å²) in [6.45, 7) is 4.46. The van der Waals surface area contributed by atoms with Gasteiger partial charge in [-0.2, -0.15) is 5.26 Å². The molecule has 0 heterocycles. The Bertz CT molecular complexity index is 770. The van der Waals surface area contributed by atoms with E-state index in [0.717, 1.165) is 31.2 Å². The number of allylic oxidation sites excluding steroid dienone is 5. The van der Waals surface area contributed by atoms with Crippen LogP contribution in [0.2, 0.25) is 0 Å². The highest BCUT2D eigenvalue weighted by Gasteiger charge is 2.29. The van der Waals surface area contributed by atoms with Crippen molar-refractivity contribution in [2.24, 2.45) is 17.8 Å². The molecule has 0 saturated heterocycles. The Labute approximate surface area is 167 Å². The fourth-order valence-corrected chi connectivity index (χ4v) is 4.90. The first-order chi connectivity index (χ1) is 13.6. The summed E-state index contributed by atoms with van der Waals surface area (Å²) in [5.41, 5.74) is 2.34. The molecule has 0 unspecified atom stereocenters. The minimum absolute atomic E-state index is 0.335. The third-order valence-corrected chi connectivity index (χ3v) is 6.63. The highest BCUT2D eigenvalue weighted by Crippen LogP contribution is 2.43. The fraction of sp³-hybridized carbons (Fsp3) is 0.480. The molecule has 0 aliphatic heterocycles.